The summed E-state index contributed by atoms with van der Waals surface area (Å²) >= 11 is 0. The Kier molecular flexibility index (Phi) is 26.0. The Morgan fingerprint density at radius 1 is 0.488 bits per heavy atom. The molecule has 0 aliphatic carbocycles. The van der Waals surface area contributed by atoms with Crippen molar-refractivity contribution in [3.8, 4) is 11.5 Å². The SMILES string of the molecule is CN[C@@H](CC(C)(C)F)C(=O)O[C@H](CCc1ccc(OC(F)(F)F)cc1)C(=O)N(C)[C@@H](CC(C)(C)C)C(=O)O[C@H](C)C(=O)N(C)[C@@H](CC(C)(C)F)C(=O)O[C@H](Cc1ccc(OC(F)(F)F)cc1)C(=O)N(C)[C@@H](CC(C)(C)C)C(=O)O[C@H](C)C(=O)O. The smallest absolute Gasteiger partial charge is 0.479 e. The standard InChI is InChI=1S/C57H80F8N4O15/c1-32(79-49(76)39(29-52(3,4)5)68(15)45(71)42(81-48(75)38(66-13)28-54(9,10)58)26-21-34-17-22-36(23-18-34)83-56(60,61)62)44(70)67(14)41(31-55(11,12)59)51(78)82-43(27-35-19-24-37(25-20-35)84-57(63,64)65)46(72)69(16)40(30-53(6,7)8)50(77)80-33(2)47(73)74/h17-20,22-25,32-33,38-43,66H,21,26-31H2,1-16H3,(H,73,74)/t32-,33-,38+,39+,40+,41+,42-,43-/m1/s1. The maximum atomic E-state index is 15.8. The summed E-state index contributed by atoms with van der Waals surface area (Å²) in [6, 6.07) is 2.36. The van der Waals surface area contributed by atoms with Crippen LogP contribution in [0, 0.1) is 10.8 Å². The highest BCUT2D eigenvalue weighted by Gasteiger charge is 2.44. The first-order valence-electron chi connectivity index (χ1n) is 26.7. The summed E-state index contributed by atoms with van der Waals surface area (Å²) in [5.74, 6) is -10.8. The maximum absolute atomic E-state index is 15.8. The van der Waals surface area contributed by atoms with Crippen LogP contribution in [-0.2, 0) is 70.1 Å². The number of halogens is 8. The van der Waals surface area contributed by atoms with Gasteiger partial charge in [-0.1, -0.05) is 65.8 Å². The number of esters is 4. The Balaban J connectivity index is 2.64. The van der Waals surface area contributed by atoms with Gasteiger partial charge in [0.2, 0.25) is 0 Å². The zero-order valence-electron chi connectivity index (χ0n) is 50.2. The monoisotopic (exact) mass is 1210 g/mol. The molecule has 0 spiro atoms. The van der Waals surface area contributed by atoms with Crippen molar-refractivity contribution in [2.45, 2.75) is 201 Å². The van der Waals surface area contributed by atoms with E-state index in [9.17, 15) is 74.2 Å². The average molecular weight is 1210 g/mol. The van der Waals surface area contributed by atoms with Crippen molar-refractivity contribution in [2.24, 2.45) is 10.8 Å². The summed E-state index contributed by atoms with van der Waals surface area (Å²) in [6.45, 7) is 16.9. The van der Waals surface area contributed by atoms with Crippen molar-refractivity contribution < 1.29 is 107 Å². The number of alkyl halides is 8. The van der Waals surface area contributed by atoms with Crippen LogP contribution >= 0.6 is 0 Å². The molecule has 2 aromatic carbocycles. The predicted octanol–water partition coefficient (Wildman–Crippen LogP) is 8.65. The molecule has 2 rings (SSSR count). The number of amides is 3. The number of carboxylic acids is 1. The number of carbonyl (C=O) groups excluding carboxylic acids is 7. The van der Waals surface area contributed by atoms with Crippen LogP contribution in [0.1, 0.15) is 126 Å². The molecule has 2 N–H and O–H groups in total. The molecule has 0 aliphatic rings. The third kappa shape index (κ3) is 26.0. The van der Waals surface area contributed by atoms with E-state index in [1.54, 1.807) is 41.5 Å². The van der Waals surface area contributed by atoms with Crippen LogP contribution in [0.25, 0.3) is 0 Å². The second kappa shape index (κ2) is 29.8. The number of rotatable bonds is 29. The first kappa shape index (κ1) is 73.3. The van der Waals surface area contributed by atoms with Crippen LogP contribution in [-0.4, -0.2) is 168 Å². The molecule has 0 unspecified atom stereocenters. The number of nitrogens with one attached hydrogen (secondary N) is 1. The maximum Gasteiger partial charge on any atom is 0.573 e. The van der Waals surface area contributed by atoms with Gasteiger partial charge >= 0.3 is 42.6 Å². The van der Waals surface area contributed by atoms with Crippen molar-refractivity contribution in [3.05, 3.63) is 59.7 Å². The highest BCUT2D eigenvalue weighted by molar-refractivity contribution is 5.93. The van der Waals surface area contributed by atoms with Gasteiger partial charge < -0.3 is 53.5 Å². The minimum absolute atomic E-state index is 0.0692. The fourth-order valence-electron chi connectivity index (χ4n) is 8.40. The lowest BCUT2D eigenvalue weighted by molar-refractivity contribution is -0.275. The molecule has 0 heterocycles. The highest BCUT2D eigenvalue weighted by Crippen LogP contribution is 2.31. The molecular formula is C57H80F8N4O15. The van der Waals surface area contributed by atoms with Crippen molar-refractivity contribution in [3.63, 3.8) is 0 Å². The number of hydrogen-bond donors (Lipinski definition) is 2. The highest BCUT2D eigenvalue weighted by atomic mass is 19.4. The molecule has 0 radical (unpaired) electrons. The summed E-state index contributed by atoms with van der Waals surface area (Å²) in [6.07, 6.45) is -19.8. The van der Waals surface area contributed by atoms with Gasteiger partial charge in [0, 0.05) is 40.4 Å². The quantitative estimate of drug-likeness (QED) is 0.0441. The minimum Gasteiger partial charge on any atom is -0.479 e. The van der Waals surface area contributed by atoms with E-state index in [1.165, 1.54) is 40.1 Å². The molecule has 0 saturated carbocycles. The van der Waals surface area contributed by atoms with Crippen LogP contribution in [0.3, 0.4) is 0 Å². The molecule has 8 atom stereocenters. The van der Waals surface area contributed by atoms with Gasteiger partial charge in [0.15, 0.2) is 24.4 Å². The molecule has 474 valence electrons. The van der Waals surface area contributed by atoms with Crippen molar-refractivity contribution >= 4 is 47.6 Å². The van der Waals surface area contributed by atoms with Gasteiger partial charge in [0.05, 0.1) is 0 Å². The van der Waals surface area contributed by atoms with E-state index in [0.29, 0.717) is 10.5 Å². The van der Waals surface area contributed by atoms with Gasteiger partial charge in [-0.2, -0.15) is 0 Å². The third-order valence-electron chi connectivity index (χ3n) is 12.7. The van der Waals surface area contributed by atoms with Crippen molar-refractivity contribution in [1.29, 1.82) is 0 Å². The molecule has 0 aliphatic heterocycles. The van der Waals surface area contributed by atoms with E-state index >= 15 is 4.39 Å². The molecule has 0 bridgehead atoms. The van der Waals surface area contributed by atoms with E-state index in [2.05, 4.69) is 14.8 Å². The number of likely N-dealkylation sites (N-methyl/N-ethyl adjacent to an activating group) is 4. The van der Waals surface area contributed by atoms with Crippen LogP contribution < -0.4 is 14.8 Å². The van der Waals surface area contributed by atoms with E-state index in [-0.39, 0.29) is 31.2 Å². The van der Waals surface area contributed by atoms with Crippen molar-refractivity contribution in [1.82, 2.24) is 20.0 Å². The van der Waals surface area contributed by atoms with Gasteiger partial charge in [-0.25, -0.2) is 28.0 Å². The lowest BCUT2D eigenvalue weighted by atomic mass is 9.87. The molecule has 3 amide bonds. The van der Waals surface area contributed by atoms with E-state index in [1.807, 2.05) is 0 Å². The lowest BCUT2D eigenvalue weighted by Crippen LogP contribution is -2.54. The van der Waals surface area contributed by atoms with Gasteiger partial charge in [-0.15, -0.1) is 26.3 Å². The first-order chi connectivity index (χ1) is 38.1. The van der Waals surface area contributed by atoms with Crippen LogP contribution in [0.15, 0.2) is 48.5 Å². The third-order valence-corrected chi connectivity index (χ3v) is 12.7. The Morgan fingerprint density at radius 2 is 0.845 bits per heavy atom. The summed E-state index contributed by atoms with van der Waals surface area (Å²) in [4.78, 5) is 114. The molecular weight excluding hydrogens is 1130 g/mol. The van der Waals surface area contributed by atoms with E-state index in [4.69, 9.17) is 18.9 Å². The number of benzene rings is 2. The molecule has 0 aromatic heterocycles. The molecule has 2 aromatic rings. The largest absolute Gasteiger partial charge is 0.573 e. The number of ether oxygens (including phenoxy) is 6. The van der Waals surface area contributed by atoms with Gasteiger partial charge in [-0.05, 0) is 120 Å². The summed E-state index contributed by atoms with van der Waals surface area (Å²) < 4.78 is 138. The zero-order chi connectivity index (χ0) is 64.8. The molecule has 27 heteroatoms. The second-order valence-corrected chi connectivity index (χ2v) is 24.1. The fraction of sp³-hybridized carbons (Fsp3) is 0.649. The van der Waals surface area contributed by atoms with E-state index in [0.717, 1.165) is 88.0 Å². The van der Waals surface area contributed by atoms with Crippen LogP contribution in [0.5, 0.6) is 11.5 Å². The normalized spacial score (nSPS) is 15.3. The van der Waals surface area contributed by atoms with E-state index < -0.39 is 162 Å². The number of aryl methyl sites for hydroxylation is 1. The van der Waals surface area contributed by atoms with Gasteiger partial charge in [0.1, 0.15) is 47.0 Å². The summed E-state index contributed by atoms with van der Waals surface area (Å²) in [7, 11) is 4.70. The number of hydrogen-bond acceptors (Lipinski definition) is 15. The summed E-state index contributed by atoms with van der Waals surface area (Å²) in [5.41, 5.74) is -5.27. The predicted molar refractivity (Wildman–Crippen MR) is 287 cm³/mol. The number of nitrogens with zero attached hydrogens (tertiary/aromatic N) is 3. The Hall–Kier alpha value is -6.80. The van der Waals surface area contributed by atoms with Crippen LogP contribution in [0.2, 0.25) is 0 Å². The average Bonchev–Trinajstić information content (AvgIpc) is 3.56. The Labute approximate surface area is 484 Å². The Morgan fingerprint density at radius 3 is 1.23 bits per heavy atom. The second-order valence-electron chi connectivity index (χ2n) is 24.1. The molecule has 19 nitrogen and oxygen atoms in total. The number of aliphatic carboxylic acids is 1. The summed E-state index contributed by atoms with van der Waals surface area (Å²) in [5, 5.41) is 12.1. The van der Waals surface area contributed by atoms with Crippen LogP contribution in [0.4, 0.5) is 35.1 Å². The number of carbonyl (C=O) groups is 8. The minimum atomic E-state index is -5.08. The molecule has 0 fully saturated rings. The number of carboxylic acid groups (broad SMARTS) is 1. The molecule has 84 heavy (non-hydrogen) atoms. The topological polar surface area (TPSA) is 234 Å². The lowest BCUT2D eigenvalue weighted by Gasteiger charge is -2.36. The Bertz CT molecular complexity index is 2560. The fourth-order valence-corrected chi connectivity index (χ4v) is 8.40. The molecule has 0 saturated heterocycles. The van der Waals surface area contributed by atoms with Gasteiger partial charge in [-0.3, -0.25) is 19.2 Å². The zero-order valence-corrected chi connectivity index (χ0v) is 50.2. The first-order valence-corrected chi connectivity index (χ1v) is 26.7. The van der Waals surface area contributed by atoms with Crippen molar-refractivity contribution in [2.75, 3.05) is 28.2 Å². The van der Waals surface area contributed by atoms with Gasteiger partial charge in [0.25, 0.3) is 17.7 Å².